The molecule has 0 heterocycles. The van der Waals surface area contributed by atoms with E-state index in [9.17, 15) is 13.2 Å². The minimum absolute atomic E-state index is 0.0498. The van der Waals surface area contributed by atoms with Gasteiger partial charge in [-0.1, -0.05) is 0 Å². The highest BCUT2D eigenvalue weighted by molar-refractivity contribution is 7.87. The molecule has 0 spiro atoms. The van der Waals surface area contributed by atoms with Gasteiger partial charge >= 0.3 is 5.97 Å². The first kappa shape index (κ1) is 14.9. The third-order valence-corrected chi connectivity index (χ3v) is 2.69. The molecule has 0 saturated carbocycles. The number of terminal acetylenes is 1. The van der Waals surface area contributed by atoms with Gasteiger partial charge in [-0.25, -0.2) is 0 Å². The van der Waals surface area contributed by atoms with Crippen LogP contribution in [0.1, 0.15) is 6.42 Å². The molecule has 0 saturated heterocycles. The van der Waals surface area contributed by atoms with Gasteiger partial charge in [-0.05, 0) is 0 Å². The topological polar surface area (TPSA) is 105 Å². The molecule has 0 radical (unpaired) electrons. The second kappa shape index (κ2) is 7.19. The molecule has 0 fully saturated rings. The number of carboxylic acids is 1. The van der Waals surface area contributed by atoms with Crippen molar-refractivity contribution in [2.24, 2.45) is 0 Å². The molecular formula is C8H14N2O5S. The van der Waals surface area contributed by atoms with E-state index in [0.29, 0.717) is 0 Å². The van der Waals surface area contributed by atoms with Crippen LogP contribution in [-0.4, -0.2) is 45.8 Å². The second-order valence-electron chi connectivity index (χ2n) is 2.81. The summed E-state index contributed by atoms with van der Waals surface area (Å²) in [6, 6.07) is -1.33. The molecule has 16 heavy (non-hydrogen) atoms. The summed E-state index contributed by atoms with van der Waals surface area (Å²) in [7, 11) is -2.46. The summed E-state index contributed by atoms with van der Waals surface area (Å²) >= 11 is 0. The Bertz CT molecular complexity index is 359. The minimum atomic E-state index is -3.88. The maximum Gasteiger partial charge on any atom is 0.322 e. The number of ether oxygens (including phenoxy) is 1. The van der Waals surface area contributed by atoms with Crippen molar-refractivity contribution in [3.63, 3.8) is 0 Å². The Morgan fingerprint density at radius 1 is 1.62 bits per heavy atom. The van der Waals surface area contributed by atoms with Crippen molar-refractivity contribution in [2.75, 3.05) is 20.3 Å². The molecule has 0 rings (SSSR count). The predicted octanol–water partition coefficient (Wildman–Crippen LogP) is -1.47. The monoisotopic (exact) mass is 250 g/mol. The summed E-state index contributed by atoms with van der Waals surface area (Å²) < 4.78 is 31.2. The Labute approximate surface area is 94.4 Å². The van der Waals surface area contributed by atoms with Gasteiger partial charge in [0.25, 0.3) is 10.2 Å². The molecule has 92 valence electrons. The maximum atomic E-state index is 11.3. The van der Waals surface area contributed by atoms with E-state index in [1.165, 1.54) is 7.11 Å². The molecular weight excluding hydrogens is 236 g/mol. The first-order valence-electron chi connectivity index (χ1n) is 4.35. The molecule has 0 aromatic carbocycles. The molecule has 7 nitrogen and oxygen atoms in total. The first-order valence-corrected chi connectivity index (χ1v) is 5.83. The van der Waals surface area contributed by atoms with Crippen molar-refractivity contribution in [1.29, 1.82) is 0 Å². The van der Waals surface area contributed by atoms with Gasteiger partial charge in [-0.3, -0.25) is 4.79 Å². The van der Waals surface area contributed by atoms with E-state index >= 15 is 0 Å². The van der Waals surface area contributed by atoms with Crippen molar-refractivity contribution in [1.82, 2.24) is 9.44 Å². The zero-order chi connectivity index (χ0) is 12.6. The fourth-order valence-electron chi connectivity index (χ4n) is 0.804. The zero-order valence-corrected chi connectivity index (χ0v) is 9.58. The summed E-state index contributed by atoms with van der Waals surface area (Å²) in [6.45, 7) is 0.238. The number of aliphatic carboxylic acids is 1. The van der Waals surface area contributed by atoms with Crippen LogP contribution in [0.4, 0.5) is 0 Å². The van der Waals surface area contributed by atoms with Crippen LogP contribution in [0, 0.1) is 12.3 Å². The fraction of sp³-hybridized carbons (Fsp3) is 0.625. The molecule has 1 unspecified atom stereocenters. The summed E-state index contributed by atoms with van der Waals surface area (Å²) in [5, 5.41) is 8.66. The number of methoxy groups -OCH3 is 1. The van der Waals surface area contributed by atoms with E-state index < -0.39 is 22.2 Å². The van der Waals surface area contributed by atoms with Crippen molar-refractivity contribution < 1.29 is 23.1 Å². The summed E-state index contributed by atoms with van der Waals surface area (Å²) in [4.78, 5) is 10.6. The molecule has 3 N–H and O–H groups in total. The standard InChI is InChI=1S/C8H14N2O5S/c1-3-4-7(8(11)12)10-16(13,14)9-5-6-15-2/h1,7,9-10H,4-6H2,2H3,(H,11,12). The summed E-state index contributed by atoms with van der Waals surface area (Å²) in [5.74, 6) is 0.755. The van der Waals surface area contributed by atoms with Crippen molar-refractivity contribution in [3.05, 3.63) is 0 Å². The van der Waals surface area contributed by atoms with E-state index in [1.54, 1.807) is 0 Å². The number of carbonyl (C=O) groups is 1. The fourth-order valence-corrected chi connectivity index (χ4v) is 1.80. The van der Waals surface area contributed by atoms with Gasteiger partial charge in [0.1, 0.15) is 6.04 Å². The highest BCUT2D eigenvalue weighted by Gasteiger charge is 2.22. The molecule has 0 aliphatic carbocycles. The lowest BCUT2D eigenvalue weighted by Gasteiger charge is -2.12. The lowest BCUT2D eigenvalue weighted by atomic mass is 10.2. The number of nitrogens with one attached hydrogen (secondary N) is 2. The Morgan fingerprint density at radius 2 is 2.25 bits per heavy atom. The van der Waals surface area contributed by atoms with Crippen molar-refractivity contribution in [3.8, 4) is 12.3 Å². The van der Waals surface area contributed by atoms with E-state index in [4.69, 9.17) is 11.5 Å². The molecule has 0 amide bonds. The predicted molar refractivity (Wildman–Crippen MR) is 56.8 cm³/mol. The van der Waals surface area contributed by atoms with Crippen LogP contribution in [0.5, 0.6) is 0 Å². The lowest BCUT2D eigenvalue weighted by Crippen LogP contribution is -2.46. The third-order valence-electron chi connectivity index (χ3n) is 1.52. The van der Waals surface area contributed by atoms with Gasteiger partial charge in [0, 0.05) is 20.1 Å². The molecule has 0 aliphatic heterocycles. The minimum Gasteiger partial charge on any atom is -0.480 e. The van der Waals surface area contributed by atoms with Gasteiger partial charge in [0.15, 0.2) is 0 Å². The van der Waals surface area contributed by atoms with Crippen LogP contribution in [0.3, 0.4) is 0 Å². The van der Waals surface area contributed by atoms with E-state index in [1.807, 2.05) is 4.72 Å². The molecule has 1 atom stereocenters. The normalized spacial score (nSPS) is 13.0. The van der Waals surface area contributed by atoms with Crippen LogP contribution in [0.15, 0.2) is 0 Å². The highest BCUT2D eigenvalue weighted by atomic mass is 32.2. The average Bonchev–Trinajstić information content (AvgIpc) is 2.17. The van der Waals surface area contributed by atoms with E-state index in [0.717, 1.165) is 0 Å². The molecule has 0 aromatic rings. The van der Waals surface area contributed by atoms with E-state index in [2.05, 4.69) is 15.4 Å². The molecule has 0 aromatic heterocycles. The van der Waals surface area contributed by atoms with Crippen LogP contribution in [0.25, 0.3) is 0 Å². The molecule has 0 bridgehead atoms. The Morgan fingerprint density at radius 3 is 2.69 bits per heavy atom. The van der Waals surface area contributed by atoms with Crippen LogP contribution >= 0.6 is 0 Å². The molecule has 0 aliphatic rings. The lowest BCUT2D eigenvalue weighted by molar-refractivity contribution is -0.138. The zero-order valence-electron chi connectivity index (χ0n) is 8.76. The Kier molecular flexibility index (Phi) is 6.67. The SMILES string of the molecule is C#CCC(NS(=O)(=O)NCCOC)C(=O)O. The van der Waals surface area contributed by atoms with Gasteiger partial charge in [0.05, 0.1) is 6.61 Å². The van der Waals surface area contributed by atoms with Crippen LogP contribution < -0.4 is 9.44 Å². The summed E-state index contributed by atoms with van der Waals surface area (Å²) in [5.41, 5.74) is 0. The quantitative estimate of drug-likeness (QED) is 0.360. The van der Waals surface area contributed by atoms with Crippen molar-refractivity contribution in [2.45, 2.75) is 12.5 Å². The summed E-state index contributed by atoms with van der Waals surface area (Å²) in [6.07, 6.45) is 4.70. The van der Waals surface area contributed by atoms with Crippen LogP contribution in [-0.2, 0) is 19.7 Å². The van der Waals surface area contributed by atoms with Gasteiger partial charge in [0.2, 0.25) is 0 Å². The highest BCUT2D eigenvalue weighted by Crippen LogP contribution is 1.93. The average molecular weight is 250 g/mol. The van der Waals surface area contributed by atoms with Gasteiger partial charge < -0.3 is 9.84 Å². The maximum absolute atomic E-state index is 11.3. The smallest absolute Gasteiger partial charge is 0.322 e. The van der Waals surface area contributed by atoms with E-state index in [-0.39, 0.29) is 19.6 Å². The number of carboxylic acid groups (broad SMARTS) is 1. The molecule has 8 heteroatoms. The second-order valence-corrected chi connectivity index (χ2v) is 4.34. The van der Waals surface area contributed by atoms with Gasteiger partial charge in [-0.15, -0.1) is 12.3 Å². The number of rotatable bonds is 8. The third kappa shape index (κ3) is 6.36. The largest absolute Gasteiger partial charge is 0.480 e. The Balaban J connectivity index is 4.32. The van der Waals surface area contributed by atoms with Crippen molar-refractivity contribution >= 4 is 16.2 Å². The number of hydrogen-bond acceptors (Lipinski definition) is 4. The van der Waals surface area contributed by atoms with Gasteiger partial charge in [-0.2, -0.15) is 17.9 Å². The Hall–Kier alpha value is -1.14. The first-order chi connectivity index (χ1) is 7.43. The number of hydrogen-bond donors (Lipinski definition) is 3. The van der Waals surface area contributed by atoms with Crippen LogP contribution in [0.2, 0.25) is 0 Å².